The van der Waals surface area contributed by atoms with Crippen molar-refractivity contribution in [2.75, 3.05) is 6.66 Å². The normalized spacial score (nSPS) is 13.6. The molecule has 0 spiro atoms. The molecular formula is C27H23OP. The molecule has 0 fully saturated rings. The lowest BCUT2D eigenvalue weighted by atomic mass is 9.95. The van der Waals surface area contributed by atoms with E-state index < -0.39 is 7.14 Å². The summed E-state index contributed by atoms with van der Waals surface area (Å²) in [5, 5.41) is 1.76. The summed E-state index contributed by atoms with van der Waals surface area (Å²) in [5.41, 5.74) is 4.31. The molecule has 0 heterocycles. The fourth-order valence-electron chi connectivity index (χ4n) is 3.58. The summed E-state index contributed by atoms with van der Waals surface area (Å²) >= 11 is 0. The fraction of sp³-hybridized carbons (Fsp3) is 0.0370. The highest BCUT2D eigenvalue weighted by Crippen LogP contribution is 2.42. The number of benzene rings is 4. The molecule has 0 saturated carbocycles. The molecule has 0 aliphatic heterocycles. The van der Waals surface area contributed by atoms with E-state index in [0.29, 0.717) is 0 Å². The summed E-state index contributed by atoms with van der Waals surface area (Å²) in [7, 11) is -2.75. The molecule has 1 unspecified atom stereocenters. The Labute approximate surface area is 172 Å². The van der Waals surface area contributed by atoms with Crippen molar-refractivity contribution in [3.63, 3.8) is 0 Å². The highest BCUT2D eigenvalue weighted by molar-refractivity contribution is 7.78. The molecule has 2 heteroatoms. The number of hydrogen-bond acceptors (Lipinski definition) is 1. The first-order valence-corrected chi connectivity index (χ1v) is 11.9. The van der Waals surface area contributed by atoms with E-state index in [4.69, 9.17) is 0 Å². The predicted octanol–water partition coefficient (Wildman–Crippen LogP) is 6.22. The average Bonchev–Trinajstić information content (AvgIpc) is 2.79. The summed E-state index contributed by atoms with van der Waals surface area (Å²) in [6.07, 6.45) is 2.18. The average molecular weight is 394 g/mol. The second-order valence-corrected chi connectivity index (χ2v) is 9.96. The molecule has 29 heavy (non-hydrogen) atoms. The van der Waals surface area contributed by atoms with Gasteiger partial charge in [0.15, 0.2) is 0 Å². The van der Waals surface area contributed by atoms with Gasteiger partial charge in [-0.15, -0.1) is 0 Å². The molecule has 4 aromatic carbocycles. The van der Waals surface area contributed by atoms with Gasteiger partial charge in [-0.2, -0.15) is 0 Å². The van der Waals surface area contributed by atoms with Crippen molar-refractivity contribution in [3.05, 3.63) is 132 Å². The van der Waals surface area contributed by atoms with Gasteiger partial charge in [0.2, 0.25) is 0 Å². The third kappa shape index (κ3) is 4.16. The molecule has 0 N–H and O–H groups in total. The first-order chi connectivity index (χ1) is 14.2. The van der Waals surface area contributed by atoms with Gasteiger partial charge in [-0.1, -0.05) is 115 Å². The van der Waals surface area contributed by atoms with E-state index in [-0.39, 0.29) is 0 Å². The molecule has 0 bridgehead atoms. The van der Waals surface area contributed by atoms with Crippen molar-refractivity contribution >= 4 is 29.4 Å². The molecular weight excluding hydrogens is 371 g/mol. The predicted molar refractivity (Wildman–Crippen MR) is 126 cm³/mol. The van der Waals surface area contributed by atoms with Gasteiger partial charge in [-0.3, -0.25) is 0 Å². The summed E-state index contributed by atoms with van der Waals surface area (Å²) < 4.78 is 14.0. The van der Waals surface area contributed by atoms with Crippen LogP contribution >= 0.6 is 7.14 Å². The molecule has 0 aliphatic rings. The molecule has 0 aromatic heterocycles. The smallest absolute Gasteiger partial charge is 0.140 e. The maximum atomic E-state index is 14.0. The Bertz CT molecular complexity index is 1160. The van der Waals surface area contributed by atoms with Gasteiger partial charge in [0, 0.05) is 10.6 Å². The Hall–Kier alpha value is -3.15. The minimum atomic E-state index is -2.75. The van der Waals surface area contributed by atoms with Crippen molar-refractivity contribution in [1.29, 1.82) is 0 Å². The highest BCUT2D eigenvalue weighted by atomic mass is 31.2. The maximum Gasteiger partial charge on any atom is 0.140 e. The van der Waals surface area contributed by atoms with Gasteiger partial charge >= 0.3 is 0 Å². The largest absolute Gasteiger partial charge is 0.314 e. The first kappa shape index (κ1) is 19.2. The highest BCUT2D eigenvalue weighted by Gasteiger charge is 2.25. The Kier molecular flexibility index (Phi) is 5.60. The zero-order valence-corrected chi connectivity index (χ0v) is 17.3. The zero-order chi connectivity index (χ0) is 20.1. The van der Waals surface area contributed by atoms with Gasteiger partial charge in [0.05, 0.1) is 0 Å². The molecule has 4 aromatic rings. The Morgan fingerprint density at radius 1 is 0.655 bits per heavy atom. The zero-order valence-electron chi connectivity index (χ0n) is 16.4. The Morgan fingerprint density at radius 3 is 1.83 bits per heavy atom. The van der Waals surface area contributed by atoms with E-state index in [2.05, 4.69) is 36.4 Å². The van der Waals surface area contributed by atoms with Crippen LogP contribution in [0.25, 0.3) is 11.6 Å². The van der Waals surface area contributed by atoms with Crippen LogP contribution < -0.4 is 10.6 Å². The van der Waals surface area contributed by atoms with Gasteiger partial charge in [0.25, 0.3) is 0 Å². The van der Waals surface area contributed by atoms with E-state index in [1.54, 1.807) is 0 Å². The minimum Gasteiger partial charge on any atom is -0.314 e. The van der Waals surface area contributed by atoms with E-state index >= 15 is 0 Å². The molecule has 1 atom stereocenters. The summed E-state index contributed by atoms with van der Waals surface area (Å²) in [6, 6.07) is 38.4. The Balaban J connectivity index is 1.94. The summed E-state index contributed by atoms with van der Waals surface area (Å²) in [6.45, 7) is 1.87. The van der Waals surface area contributed by atoms with Crippen LogP contribution in [0.15, 0.2) is 115 Å². The van der Waals surface area contributed by atoms with Crippen LogP contribution in [-0.4, -0.2) is 6.66 Å². The van der Waals surface area contributed by atoms with Crippen LogP contribution in [-0.2, 0) is 4.57 Å². The van der Waals surface area contributed by atoms with Crippen LogP contribution in [0.3, 0.4) is 0 Å². The lowest BCUT2D eigenvalue weighted by Gasteiger charge is -2.20. The van der Waals surface area contributed by atoms with E-state index in [1.807, 2.05) is 91.6 Å². The second-order valence-electron chi connectivity index (χ2n) is 7.11. The molecule has 0 amide bonds. The minimum absolute atomic E-state index is 0.875. The van der Waals surface area contributed by atoms with E-state index in [9.17, 15) is 4.57 Å². The first-order valence-electron chi connectivity index (χ1n) is 9.71. The second kappa shape index (κ2) is 8.47. The van der Waals surface area contributed by atoms with E-state index in [0.717, 1.165) is 32.9 Å². The molecule has 142 valence electrons. The van der Waals surface area contributed by atoms with Gasteiger partial charge in [-0.05, 0) is 35.0 Å². The lowest BCUT2D eigenvalue weighted by Crippen LogP contribution is -2.18. The number of hydrogen-bond donors (Lipinski definition) is 0. The molecule has 1 nitrogen and oxygen atoms in total. The van der Waals surface area contributed by atoms with Crippen LogP contribution in [0.1, 0.15) is 16.7 Å². The third-order valence-electron chi connectivity index (χ3n) is 5.10. The molecule has 4 rings (SSSR count). The summed E-state index contributed by atoms with van der Waals surface area (Å²) in [4.78, 5) is 0. The molecule has 0 radical (unpaired) electrons. The monoisotopic (exact) mass is 394 g/mol. The van der Waals surface area contributed by atoms with Crippen molar-refractivity contribution in [3.8, 4) is 0 Å². The van der Waals surface area contributed by atoms with Crippen LogP contribution in [0, 0.1) is 0 Å². The molecule has 0 aliphatic carbocycles. The lowest BCUT2D eigenvalue weighted by molar-refractivity contribution is 0.590. The quantitative estimate of drug-likeness (QED) is 0.290. The Morgan fingerprint density at radius 2 is 1.17 bits per heavy atom. The number of rotatable bonds is 5. The fourth-order valence-corrected chi connectivity index (χ4v) is 5.62. The van der Waals surface area contributed by atoms with Crippen molar-refractivity contribution in [2.24, 2.45) is 0 Å². The third-order valence-corrected chi connectivity index (χ3v) is 7.69. The van der Waals surface area contributed by atoms with Gasteiger partial charge in [0.1, 0.15) is 7.14 Å². The van der Waals surface area contributed by atoms with Crippen molar-refractivity contribution in [1.82, 2.24) is 0 Å². The maximum absolute atomic E-state index is 14.0. The van der Waals surface area contributed by atoms with Crippen LogP contribution in [0.2, 0.25) is 0 Å². The summed E-state index contributed by atoms with van der Waals surface area (Å²) in [5.74, 6) is 0. The van der Waals surface area contributed by atoms with Gasteiger partial charge < -0.3 is 4.57 Å². The standard InChI is InChI=1S/C27H23OP/c1-29(28,24-17-9-4-10-18-24)27-20-12-11-19-25(27)26(23-15-7-3-8-16-23)21-22-13-5-2-6-14-22/h2-21H,1H3/b26-21+. The van der Waals surface area contributed by atoms with Crippen molar-refractivity contribution in [2.45, 2.75) is 0 Å². The molecule has 0 saturated heterocycles. The van der Waals surface area contributed by atoms with Crippen LogP contribution in [0.4, 0.5) is 0 Å². The van der Waals surface area contributed by atoms with Crippen LogP contribution in [0.5, 0.6) is 0 Å². The SMILES string of the molecule is CP(=O)(c1ccccc1)c1ccccc1/C(=C/c1ccccc1)c1ccccc1. The topological polar surface area (TPSA) is 17.1 Å². The van der Waals surface area contributed by atoms with Gasteiger partial charge in [-0.25, -0.2) is 0 Å². The van der Waals surface area contributed by atoms with E-state index in [1.165, 1.54) is 0 Å². The van der Waals surface area contributed by atoms with Crippen molar-refractivity contribution < 1.29 is 4.57 Å².